The highest BCUT2D eigenvalue weighted by molar-refractivity contribution is 5.85. The number of carbonyl (C=O) groups excluding carboxylic acids is 1. The molecule has 20 heavy (non-hydrogen) atoms. The lowest BCUT2D eigenvalue weighted by molar-refractivity contribution is -0.124. The van der Waals surface area contributed by atoms with Gasteiger partial charge in [-0.05, 0) is 66.0 Å². The second-order valence-corrected chi connectivity index (χ2v) is 6.16. The molecule has 0 radical (unpaired) electrons. The number of rotatable bonds is 9. The van der Waals surface area contributed by atoms with Crippen LogP contribution in [0.25, 0.3) is 0 Å². The molecule has 2 unspecified atom stereocenters. The molecule has 0 aromatic heterocycles. The minimum atomic E-state index is -0.478. The van der Waals surface area contributed by atoms with Gasteiger partial charge in [-0.1, -0.05) is 13.8 Å². The average molecular weight is 284 g/mol. The van der Waals surface area contributed by atoms with E-state index in [-0.39, 0.29) is 5.91 Å². The minimum absolute atomic E-state index is 0.189. The Morgan fingerprint density at radius 2 is 2.05 bits per heavy atom. The predicted octanol–water partition coefficient (Wildman–Crippen LogP) is 0.646. The van der Waals surface area contributed by atoms with Crippen molar-refractivity contribution >= 4 is 5.91 Å². The molecule has 0 spiro atoms. The van der Waals surface area contributed by atoms with Crippen LogP contribution in [0.5, 0.6) is 0 Å². The van der Waals surface area contributed by atoms with Gasteiger partial charge in [0.25, 0.3) is 0 Å². The fourth-order valence-electron chi connectivity index (χ4n) is 3.33. The topological polar surface area (TPSA) is 61.6 Å². The first-order chi connectivity index (χ1) is 9.45. The number of carbonyl (C=O) groups is 1. The number of likely N-dealkylation sites (N-methyl/N-ethyl adjacent to an activating group) is 1. The van der Waals surface area contributed by atoms with E-state index >= 15 is 0 Å². The molecule has 3 N–H and O–H groups in total. The monoisotopic (exact) mass is 284 g/mol. The van der Waals surface area contributed by atoms with E-state index < -0.39 is 5.54 Å². The number of amides is 1. The summed E-state index contributed by atoms with van der Waals surface area (Å²) in [6, 6.07) is 0.480. The Bertz CT molecular complexity index is 308. The molecule has 1 aliphatic rings. The van der Waals surface area contributed by atoms with Crippen LogP contribution in [0.15, 0.2) is 0 Å². The highest BCUT2D eigenvalue weighted by atomic mass is 16.1. The number of nitrogens with two attached hydrogens (primary N) is 1. The van der Waals surface area contributed by atoms with E-state index in [1.54, 1.807) is 0 Å². The van der Waals surface area contributed by atoms with Crippen molar-refractivity contribution in [1.29, 1.82) is 0 Å². The first-order valence-corrected chi connectivity index (χ1v) is 7.89. The van der Waals surface area contributed by atoms with Gasteiger partial charge in [-0.2, -0.15) is 0 Å². The molecule has 0 aliphatic heterocycles. The number of hydrogen-bond donors (Lipinski definition) is 2. The SMILES string of the molecule is CCNC1(C(N)=O)CCC(N(CC)CCCN(C)C)C1. The van der Waals surface area contributed by atoms with Crippen molar-refractivity contribution in [2.24, 2.45) is 5.73 Å². The standard InChI is InChI=1S/C15H32N4O/c1-5-17-15(14(16)20)9-8-13(12-15)19(6-2)11-7-10-18(3)4/h13,17H,5-12H2,1-4H3,(H2,16,20). The molecular formula is C15H32N4O. The zero-order valence-electron chi connectivity index (χ0n) is 13.6. The second kappa shape index (κ2) is 7.96. The normalized spacial score (nSPS) is 26.6. The van der Waals surface area contributed by atoms with Crippen molar-refractivity contribution in [2.75, 3.05) is 40.3 Å². The summed E-state index contributed by atoms with van der Waals surface area (Å²) in [7, 11) is 4.21. The Balaban J connectivity index is 2.56. The molecule has 118 valence electrons. The summed E-state index contributed by atoms with van der Waals surface area (Å²) in [4.78, 5) is 16.5. The van der Waals surface area contributed by atoms with Crippen LogP contribution >= 0.6 is 0 Å². The Kier molecular flexibility index (Phi) is 6.92. The third kappa shape index (κ3) is 4.43. The zero-order chi connectivity index (χ0) is 15.2. The van der Waals surface area contributed by atoms with Crippen LogP contribution in [-0.2, 0) is 4.79 Å². The summed E-state index contributed by atoms with van der Waals surface area (Å²) in [6.45, 7) is 8.28. The third-order valence-corrected chi connectivity index (χ3v) is 4.45. The van der Waals surface area contributed by atoms with E-state index in [4.69, 9.17) is 5.73 Å². The molecule has 0 bridgehead atoms. The molecule has 5 heteroatoms. The van der Waals surface area contributed by atoms with Gasteiger partial charge in [0.15, 0.2) is 0 Å². The Labute approximate surface area is 123 Å². The fourth-order valence-corrected chi connectivity index (χ4v) is 3.33. The van der Waals surface area contributed by atoms with Gasteiger partial charge in [0, 0.05) is 6.04 Å². The van der Waals surface area contributed by atoms with Crippen molar-refractivity contribution in [1.82, 2.24) is 15.1 Å². The van der Waals surface area contributed by atoms with Crippen molar-refractivity contribution in [3.8, 4) is 0 Å². The summed E-state index contributed by atoms with van der Waals surface area (Å²) < 4.78 is 0. The van der Waals surface area contributed by atoms with Gasteiger partial charge < -0.3 is 20.9 Å². The van der Waals surface area contributed by atoms with E-state index in [9.17, 15) is 4.79 Å². The lowest BCUT2D eigenvalue weighted by Gasteiger charge is -2.31. The third-order valence-electron chi connectivity index (χ3n) is 4.45. The van der Waals surface area contributed by atoms with Crippen LogP contribution in [-0.4, -0.2) is 67.6 Å². The van der Waals surface area contributed by atoms with Crippen molar-refractivity contribution in [3.05, 3.63) is 0 Å². The molecule has 2 atom stereocenters. The maximum absolute atomic E-state index is 11.8. The minimum Gasteiger partial charge on any atom is -0.368 e. The fraction of sp³-hybridized carbons (Fsp3) is 0.933. The van der Waals surface area contributed by atoms with E-state index in [0.29, 0.717) is 6.04 Å². The van der Waals surface area contributed by atoms with Gasteiger partial charge >= 0.3 is 0 Å². The molecule has 1 amide bonds. The largest absolute Gasteiger partial charge is 0.368 e. The van der Waals surface area contributed by atoms with E-state index in [1.807, 2.05) is 6.92 Å². The van der Waals surface area contributed by atoms with E-state index in [2.05, 4.69) is 36.1 Å². The van der Waals surface area contributed by atoms with Crippen molar-refractivity contribution in [2.45, 2.75) is 51.1 Å². The van der Waals surface area contributed by atoms with Gasteiger partial charge in [-0.3, -0.25) is 4.79 Å². The summed E-state index contributed by atoms with van der Waals surface area (Å²) in [5.74, 6) is -0.189. The van der Waals surface area contributed by atoms with Gasteiger partial charge in [0.1, 0.15) is 0 Å². The Hall–Kier alpha value is -0.650. The highest BCUT2D eigenvalue weighted by Crippen LogP contribution is 2.33. The molecule has 0 aromatic carbocycles. The molecule has 5 nitrogen and oxygen atoms in total. The Morgan fingerprint density at radius 3 is 2.55 bits per heavy atom. The van der Waals surface area contributed by atoms with Crippen LogP contribution in [0, 0.1) is 0 Å². The van der Waals surface area contributed by atoms with Crippen LogP contribution in [0.2, 0.25) is 0 Å². The van der Waals surface area contributed by atoms with Crippen LogP contribution < -0.4 is 11.1 Å². The van der Waals surface area contributed by atoms with Crippen LogP contribution in [0.3, 0.4) is 0 Å². The van der Waals surface area contributed by atoms with Crippen molar-refractivity contribution < 1.29 is 4.79 Å². The van der Waals surface area contributed by atoms with Gasteiger partial charge in [0.2, 0.25) is 5.91 Å². The van der Waals surface area contributed by atoms with E-state index in [0.717, 1.165) is 45.4 Å². The molecule has 1 fully saturated rings. The lowest BCUT2D eigenvalue weighted by atomic mass is 9.96. The smallest absolute Gasteiger partial charge is 0.237 e. The van der Waals surface area contributed by atoms with Gasteiger partial charge in [-0.25, -0.2) is 0 Å². The zero-order valence-corrected chi connectivity index (χ0v) is 13.6. The second-order valence-electron chi connectivity index (χ2n) is 6.16. The van der Waals surface area contributed by atoms with Crippen LogP contribution in [0.1, 0.15) is 39.5 Å². The number of nitrogens with one attached hydrogen (secondary N) is 1. The number of primary amides is 1. The average Bonchev–Trinajstić information content (AvgIpc) is 2.80. The first kappa shape index (κ1) is 17.4. The maximum Gasteiger partial charge on any atom is 0.237 e. The van der Waals surface area contributed by atoms with Crippen molar-refractivity contribution in [3.63, 3.8) is 0 Å². The highest BCUT2D eigenvalue weighted by Gasteiger charge is 2.44. The molecule has 0 saturated heterocycles. The molecule has 1 saturated carbocycles. The molecule has 0 aromatic rings. The lowest BCUT2D eigenvalue weighted by Crippen LogP contribution is -2.54. The van der Waals surface area contributed by atoms with E-state index in [1.165, 1.54) is 6.42 Å². The summed E-state index contributed by atoms with van der Waals surface area (Å²) >= 11 is 0. The summed E-state index contributed by atoms with van der Waals surface area (Å²) in [5, 5.41) is 3.33. The van der Waals surface area contributed by atoms with Gasteiger partial charge in [-0.15, -0.1) is 0 Å². The van der Waals surface area contributed by atoms with Gasteiger partial charge in [0.05, 0.1) is 5.54 Å². The molecule has 0 heterocycles. The molecule has 1 rings (SSSR count). The molecule has 1 aliphatic carbocycles. The number of nitrogens with zero attached hydrogens (tertiary/aromatic N) is 2. The Morgan fingerprint density at radius 1 is 1.35 bits per heavy atom. The number of hydrogen-bond acceptors (Lipinski definition) is 4. The predicted molar refractivity (Wildman–Crippen MR) is 83.7 cm³/mol. The quantitative estimate of drug-likeness (QED) is 0.652. The van der Waals surface area contributed by atoms with Crippen LogP contribution in [0.4, 0.5) is 0 Å². The first-order valence-electron chi connectivity index (χ1n) is 7.89. The summed E-state index contributed by atoms with van der Waals surface area (Å²) in [5.41, 5.74) is 5.16. The maximum atomic E-state index is 11.8. The summed E-state index contributed by atoms with van der Waals surface area (Å²) in [6.07, 6.45) is 3.95. The molecular weight excluding hydrogens is 252 g/mol.